The van der Waals surface area contributed by atoms with Crippen LogP contribution in [0.2, 0.25) is 0 Å². The molecule has 0 aliphatic rings. The summed E-state index contributed by atoms with van der Waals surface area (Å²) in [6, 6.07) is 24.7. The third-order valence-corrected chi connectivity index (χ3v) is 5.70. The lowest BCUT2D eigenvalue weighted by Gasteiger charge is -2.29. The van der Waals surface area contributed by atoms with E-state index < -0.39 is 5.60 Å². The highest BCUT2D eigenvalue weighted by atomic mass is 16.3. The lowest BCUT2D eigenvalue weighted by Crippen LogP contribution is -2.32. The monoisotopic (exact) mass is 427 g/mol. The van der Waals surface area contributed by atoms with Crippen molar-refractivity contribution in [3.05, 3.63) is 101 Å². The molecule has 164 valence electrons. The Kier molecular flexibility index (Phi) is 6.10. The quantitative estimate of drug-likeness (QED) is 0.448. The van der Waals surface area contributed by atoms with Crippen LogP contribution in [0, 0.1) is 5.92 Å². The van der Waals surface area contributed by atoms with Crippen LogP contribution in [0.4, 0.5) is 0 Å². The number of rotatable bonds is 7. The van der Waals surface area contributed by atoms with Gasteiger partial charge < -0.3 is 15.0 Å². The summed E-state index contributed by atoms with van der Waals surface area (Å²) in [5.74, 6) is 0.807. The van der Waals surface area contributed by atoms with Crippen LogP contribution in [0.1, 0.15) is 48.1 Å². The van der Waals surface area contributed by atoms with Gasteiger partial charge in [-0.15, -0.1) is 0 Å². The Morgan fingerprint density at radius 2 is 1.59 bits per heavy atom. The number of fused-ring (bicyclic) bond motifs is 1. The molecule has 0 spiro atoms. The average molecular weight is 428 g/mol. The fraction of sp³-hybridized carbons (Fsp3) is 0.259. The van der Waals surface area contributed by atoms with Crippen molar-refractivity contribution in [1.82, 2.24) is 14.9 Å². The Balaban J connectivity index is 1.89. The zero-order valence-electron chi connectivity index (χ0n) is 18.7. The number of hydrogen-bond acceptors (Lipinski definition) is 3. The van der Waals surface area contributed by atoms with E-state index in [-0.39, 0.29) is 5.91 Å². The Labute approximate surface area is 188 Å². The Morgan fingerprint density at radius 1 is 1.00 bits per heavy atom. The maximum Gasteiger partial charge on any atom is 0.251 e. The van der Waals surface area contributed by atoms with Crippen LogP contribution < -0.4 is 5.32 Å². The van der Waals surface area contributed by atoms with Gasteiger partial charge in [-0.1, -0.05) is 74.5 Å². The predicted octanol–water partition coefficient (Wildman–Crippen LogP) is 4.73. The summed E-state index contributed by atoms with van der Waals surface area (Å²) >= 11 is 0. The van der Waals surface area contributed by atoms with Gasteiger partial charge in [0, 0.05) is 18.7 Å². The maximum absolute atomic E-state index is 12.6. The summed E-state index contributed by atoms with van der Waals surface area (Å²) in [6.45, 7) is 7.38. The zero-order valence-corrected chi connectivity index (χ0v) is 18.7. The van der Waals surface area contributed by atoms with E-state index in [1.807, 2.05) is 84.3 Å². The first kappa shape index (κ1) is 21.8. The molecule has 0 fully saturated rings. The number of benzene rings is 3. The molecule has 4 rings (SSSR count). The summed E-state index contributed by atoms with van der Waals surface area (Å²) in [4.78, 5) is 17.5. The number of aryl methyl sites for hydroxylation is 1. The molecule has 32 heavy (non-hydrogen) atoms. The fourth-order valence-electron chi connectivity index (χ4n) is 4.04. The minimum Gasteiger partial charge on any atom is -0.373 e. The fourth-order valence-corrected chi connectivity index (χ4v) is 4.04. The lowest BCUT2D eigenvalue weighted by atomic mass is 9.85. The number of carbonyl (C=O) groups excluding carboxylic acids is 1. The van der Waals surface area contributed by atoms with E-state index in [9.17, 15) is 9.90 Å². The minimum absolute atomic E-state index is 0.104. The highest BCUT2D eigenvalue weighted by molar-refractivity contribution is 5.97. The number of amides is 1. The van der Waals surface area contributed by atoms with Gasteiger partial charge in [-0.2, -0.15) is 0 Å². The van der Waals surface area contributed by atoms with E-state index in [1.165, 1.54) is 0 Å². The number of hydrogen-bond donors (Lipinski definition) is 2. The molecule has 0 aliphatic heterocycles. The van der Waals surface area contributed by atoms with Crippen LogP contribution in [0.3, 0.4) is 0 Å². The molecule has 0 atom stereocenters. The average Bonchev–Trinajstić information content (AvgIpc) is 3.21. The molecule has 5 nitrogen and oxygen atoms in total. The van der Waals surface area contributed by atoms with E-state index in [1.54, 1.807) is 6.07 Å². The van der Waals surface area contributed by atoms with Crippen LogP contribution >= 0.6 is 0 Å². The van der Waals surface area contributed by atoms with E-state index in [0.717, 1.165) is 22.2 Å². The van der Waals surface area contributed by atoms with Gasteiger partial charge in [0.2, 0.25) is 0 Å². The number of aromatic nitrogens is 2. The van der Waals surface area contributed by atoms with Gasteiger partial charge in [0.25, 0.3) is 5.91 Å². The minimum atomic E-state index is -1.43. The van der Waals surface area contributed by atoms with E-state index in [0.29, 0.717) is 30.4 Å². The van der Waals surface area contributed by atoms with Crippen molar-refractivity contribution < 1.29 is 9.90 Å². The first-order valence-electron chi connectivity index (χ1n) is 11.1. The second-order valence-electron chi connectivity index (χ2n) is 8.43. The molecule has 1 aromatic heterocycles. The first-order chi connectivity index (χ1) is 15.4. The molecule has 0 unspecified atom stereocenters. The van der Waals surface area contributed by atoms with Crippen molar-refractivity contribution in [1.29, 1.82) is 0 Å². The largest absolute Gasteiger partial charge is 0.373 e. The van der Waals surface area contributed by atoms with Crippen LogP contribution in [0.15, 0.2) is 78.9 Å². The van der Waals surface area contributed by atoms with E-state index >= 15 is 0 Å². The van der Waals surface area contributed by atoms with Gasteiger partial charge in [-0.3, -0.25) is 4.79 Å². The molecule has 0 aliphatic carbocycles. The van der Waals surface area contributed by atoms with Crippen molar-refractivity contribution >= 4 is 16.9 Å². The number of nitrogens with one attached hydrogen (secondary N) is 1. The second kappa shape index (κ2) is 8.97. The molecule has 1 amide bonds. The number of aliphatic hydroxyl groups is 1. The van der Waals surface area contributed by atoms with Crippen molar-refractivity contribution in [2.45, 2.75) is 32.9 Å². The molecule has 3 aromatic carbocycles. The highest BCUT2D eigenvalue weighted by Crippen LogP contribution is 2.37. The predicted molar refractivity (Wildman–Crippen MR) is 128 cm³/mol. The van der Waals surface area contributed by atoms with Crippen LogP contribution in [0.5, 0.6) is 0 Å². The molecule has 0 bridgehead atoms. The van der Waals surface area contributed by atoms with Gasteiger partial charge in [0.15, 0.2) is 11.4 Å². The zero-order chi connectivity index (χ0) is 22.7. The van der Waals surface area contributed by atoms with Crippen LogP contribution in [0.25, 0.3) is 11.0 Å². The lowest BCUT2D eigenvalue weighted by molar-refractivity contribution is 0.0949. The first-order valence-corrected chi connectivity index (χ1v) is 11.1. The highest BCUT2D eigenvalue weighted by Gasteiger charge is 2.38. The van der Waals surface area contributed by atoms with Gasteiger partial charge in [0.05, 0.1) is 11.0 Å². The summed E-state index contributed by atoms with van der Waals surface area (Å²) in [5, 5.41) is 15.2. The standard InChI is InChI=1S/C27H29N3O2/c1-4-30-24-17-20(25(31)28-18-19(2)3)15-16-23(24)29-26(30)27(32,21-11-7-5-8-12-21)22-13-9-6-10-14-22/h5-17,19,32H,4,18H2,1-3H3,(H,28,31). The third kappa shape index (κ3) is 3.92. The third-order valence-electron chi connectivity index (χ3n) is 5.70. The van der Waals surface area contributed by atoms with Crippen molar-refractivity contribution in [3.8, 4) is 0 Å². The summed E-state index contributed by atoms with van der Waals surface area (Å²) < 4.78 is 1.99. The normalized spacial score (nSPS) is 11.8. The number of carbonyl (C=O) groups is 1. The van der Waals surface area contributed by atoms with Gasteiger partial charge in [-0.25, -0.2) is 4.98 Å². The van der Waals surface area contributed by atoms with Crippen molar-refractivity contribution in [2.24, 2.45) is 5.92 Å². The summed E-state index contributed by atoms with van der Waals surface area (Å²) in [5.41, 5.74) is 2.20. The van der Waals surface area contributed by atoms with E-state index in [2.05, 4.69) is 19.2 Å². The maximum atomic E-state index is 12.6. The number of imidazole rings is 1. The van der Waals surface area contributed by atoms with Crippen LogP contribution in [-0.4, -0.2) is 27.1 Å². The Hall–Kier alpha value is -3.44. The Morgan fingerprint density at radius 3 is 2.12 bits per heavy atom. The van der Waals surface area contributed by atoms with Gasteiger partial charge in [-0.05, 0) is 42.2 Å². The van der Waals surface area contributed by atoms with Crippen molar-refractivity contribution in [3.63, 3.8) is 0 Å². The molecular weight excluding hydrogens is 398 g/mol. The van der Waals surface area contributed by atoms with Gasteiger partial charge in [0.1, 0.15) is 0 Å². The Bertz CT molecular complexity index is 1170. The molecular formula is C27H29N3O2. The number of nitrogens with zero attached hydrogens (tertiary/aromatic N) is 2. The van der Waals surface area contributed by atoms with Gasteiger partial charge >= 0.3 is 0 Å². The molecule has 1 heterocycles. The second-order valence-corrected chi connectivity index (χ2v) is 8.43. The smallest absolute Gasteiger partial charge is 0.251 e. The summed E-state index contributed by atoms with van der Waals surface area (Å²) in [6.07, 6.45) is 0. The SMILES string of the molecule is CCn1c(C(O)(c2ccccc2)c2ccccc2)nc2ccc(C(=O)NCC(C)C)cc21. The van der Waals surface area contributed by atoms with Crippen molar-refractivity contribution in [2.75, 3.05) is 6.54 Å². The van der Waals surface area contributed by atoms with E-state index in [4.69, 9.17) is 4.98 Å². The molecule has 0 radical (unpaired) electrons. The molecule has 0 saturated carbocycles. The van der Waals surface area contributed by atoms with Crippen LogP contribution in [-0.2, 0) is 12.1 Å². The topological polar surface area (TPSA) is 67.1 Å². The molecule has 0 saturated heterocycles. The molecule has 5 heteroatoms. The molecule has 4 aromatic rings. The molecule has 2 N–H and O–H groups in total. The summed E-state index contributed by atoms with van der Waals surface area (Å²) in [7, 11) is 0.